The summed E-state index contributed by atoms with van der Waals surface area (Å²) in [5.74, 6) is 0. The molecule has 0 atom stereocenters. The lowest BCUT2D eigenvalue weighted by molar-refractivity contribution is 0.660. The van der Waals surface area contributed by atoms with Gasteiger partial charge in [0.15, 0.2) is 0 Å². The topological polar surface area (TPSA) is 34.5 Å². The predicted octanol–water partition coefficient (Wildman–Crippen LogP) is 19.4. The first-order valence-electron chi connectivity index (χ1n) is 25.1. The fourth-order valence-electron chi connectivity index (χ4n) is 12.0. The number of hydrogen-bond acceptors (Lipinski definition) is 3. The van der Waals surface area contributed by atoms with Crippen molar-refractivity contribution < 1.29 is 8.83 Å². The molecule has 0 unspecified atom stereocenters. The SMILES string of the molecule is CC1(C)c2cc(-c3ccc4c(c3)c3ccccc3n4-c3ccccc3)ccc2-c2ccc(N(c3ccc(-c4cccc5c4oc4ccccc45)cc3)c3ccc(-c4cccc5c4oc4ccccc45)cc3)cc21. The molecule has 0 amide bonds. The van der Waals surface area contributed by atoms with Crippen molar-refractivity contribution in [3.05, 3.63) is 254 Å². The molecule has 0 N–H and O–H groups in total. The Morgan fingerprint density at radius 2 is 0.795 bits per heavy atom. The second kappa shape index (κ2) is 15.8. The number of nitrogens with zero attached hydrogens (tertiary/aromatic N) is 2. The Balaban J connectivity index is 0.825. The highest BCUT2D eigenvalue weighted by Crippen LogP contribution is 2.52. The second-order valence-corrected chi connectivity index (χ2v) is 20.0. The summed E-state index contributed by atoms with van der Waals surface area (Å²) in [6.45, 7) is 4.76. The molecular weight excluding hydrogens is 889 g/mol. The summed E-state index contributed by atoms with van der Waals surface area (Å²) in [5, 5.41) is 7.02. The van der Waals surface area contributed by atoms with Crippen LogP contribution in [0.2, 0.25) is 0 Å². The molecule has 1 aliphatic rings. The molecule has 15 rings (SSSR count). The highest BCUT2D eigenvalue weighted by atomic mass is 16.3. The van der Waals surface area contributed by atoms with Gasteiger partial charge in [-0.1, -0.05) is 172 Å². The van der Waals surface area contributed by atoms with Crippen LogP contribution in [0.3, 0.4) is 0 Å². The van der Waals surface area contributed by atoms with E-state index in [1.54, 1.807) is 0 Å². The Morgan fingerprint density at radius 1 is 0.329 bits per heavy atom. The second-order valence-electron chi connectivity index (χ2n) is 20.0. The van der Waals surface area contributed by atoms with Gasteiger partial charge in [-0.2, -0.15) is 0 Å². The molecule has 1 aliphatic carbocycles. The fourth-order valence-corrected chi connectivity index (χ4v) is 12.0. The minimum atomic E-state index is -0.264. The zero-order valence-corrected chi connectivity index (χ0v) is 40.3. The first-order valence-corrected chi connectivity index (χ1v) is 25.1. The molecule has 11 aromatic carbocycles. The summed E-state index contributed by atoms with van der Waals surface area (Å²) in [5.41, 5.74) is 22.2. The van der Waals surface area contributed by atoms with Gasteiger partial charge in [0.25, 0.3) is 0 Å². The third-order valence-corrected chi connectivity index (χ3v) is 15.6. The van der Waals surface area contributed by atoms with Crippen LogP contribution in [-0.2, 0) is 5.41 Å². The monoisotopic (exact) mass is 934 g/mol. The van der Waals surface area contributed by atoms with Crippen LogP contribution in [0.5, 0.6) is 0 Å². The van der Waals surface area contributed by atoms with Crippen molar-refractivity contribution in [1.82, 2.24) is 4.57 Å². The summed E-state index contributed by atoms with van der Waals surface area (Å²) < 4.78 is 15.4. The number of benzene rings is 11. The molecule has 0 bridgehead atoms. The standard InChI is InChI=1S/C69H46N2O2/c1-69(2)61-41-46(45-31-39-64-60(40-45)55-16-6-9-23-63(55)71(64)47-14-4-3-5-15-47)30-37-53(61)54-38-36-50(42-62(54)69)70(48-32-26-43(27-33-48)51-19-12-21-58-56-17-7-10-24-65(56)72-67(51)58)49-34-28-44(29-35-49)52-20-13-22-59-57-18-8-11-25-66(57)73-68(52)59/h3-42H,1-2H3. The molecule has 0 spiro atoms. The Bertz CT molecular complexity index is 4360. The van der Waals surface area contributed by atoms with Crippen LogP contribution in [0.1, 0.15) is 25.0 Å². The van der Waals surface area contributed by atoms with E-state index >= 15 is 0 Å². The highest BCUT2D eigenvalue weighted by Gasteiger charge is 2.36. The number of para-hydroxylation sites is 6. The third kappa shape index (κ3) is 6.33. The molecule has 0 saturated carbocycles. The van der Waals surface area contributed by atoms with Crippen LogP contribution in [0, 0.1) is 0 Å². The van der Waals surface area contributed by atoms with E-state index in [-0.39, 0.29) is 5.41 Å². The lowest BCUT2D eigenvalue weighted by Crippen LogP contribution is -2.16. The normalized spacial score (nSPS) is 12.9. The molecule has 0 saturated heterocycles. The molecule has 0 radical (unpaired) electrons. The van der Waals surface area contributed by atoms with Gasteiger partial charge in [0.1, 0.15) is 22.3 Å². The van der Waals surface area contributed by atoms with Crippen LogP contribution in [0.25, 0.3) is 116 Å². The molecular formula is C69H46N2O2. The maximum atomic E-state index is 6.50. The minimum Gasteiger partial charge on any atom is -0.455 e. The summed E-state index contributed by atoms with van der Waals surface area (Å²) in [7, 11) is 0. The van der Waals surface area contributed by atoms with Crippen molar-refractivity contribution in [2.24, 2.45) is 0 Å². The number of hydrogen-bond donors (Lipinski definition) is 0. The molecule has 0 aliphatic heterocycles. The molecule has 73 heavy (non-hydrogen) atoms. The lowest BCUT2D eigenvalue weighted by Gasteiger charge is -2.28. The maximum absolute atomic E-state index is 6.50. The van der Waals surface area contributed by atoms with Gasteiger partial charge in [0.05, 0.1) is 11.0 Å². The summed E-state index contributed by atoms with van der Waals surface area (Å²) in [6.07, 6.45) is 0. The van der Waals surface area contributed by atoms with Crippen LogP contribution in [0.4, 0.5) is 17.1 Å². The van der Waals surface area contributed by atoms with Gasteiger partial charge in [-0.15, -0.1) is 0 Å². The fraction of sp³-hybridized carbons (Fsp3) is 0.0435. The number of aromatic nitrogens is 1. The van der Waals surface area contributed by atoms with Gasteiger partial charge in [-0.3, -0.25) is 0 Å². The van der Waals surface area contributed by atoms with Crippen LogP contribution in [-0.4, -0.2) is 4.57 Å². The van der Waals surface area contributed by atoms with E-state index in [0.717, 1.165) is 83.2 Å². The van der Waals surface area contributed by atoms with Gasteiger partial charge < -0.3 is 18.3 Å². The van der Waals surface area contributed by atoms with Gasteiger partial charge in [-0.25, -0.2) is 0 Å². The van der Waals surface area contributed by atoms with E-state index in [4.69, 9.17) is 8.83 Å². The van der Waals surface area contributed by atoms with Crippen molar-refractivity contribution in [2.45, 2.75) is 19.3 Å². The number of rotatable bonds is 7. The zero-order valence-electron chi connectivity index (χ0n) is 40.3. The van der Waals surface area contributed by atoms with Gasteiger partial charge >= 0.3 is 0 Å². The third-order valence-electron chi connectivity index (χ3n) is 15.6. The Labute approximate surface area is 422 Å². The van der Waals surface area contributed by atoms with Gasteiger partial charge in [0.2, 0.25) is 0 Å². The van der Waals surface area contributed by atoms with E-state index in [1.165, 1.54) is 60.9 Å². The van der Waals surface area contributed by atoms with E-state index in [2.05, 4.69) is 242 Å². The van der Waals surface area contributed by atoms with Crippen molar-refractivity contribution in [3.63, 3.8) is 0 Å². The average molecular weight is 935 g/mol. The molecule has 4 heteroatoms. The van der Waals surface area contributed by atoms with E-state index < -0.39 is 0 Å². The molecule has 344 valence electrons. The van der Waals surface area contributed by atoms with Crippen LogP contribution < -0.4 is 4.90 Å². The summed E-state index contributed by atoms with van der Waals surface area (Å²) in [6, 6.07) is 87.9. The van der Waals surface area contributed by atoms with E-state index in [1.807, 2.05) is 24.3 Å². The number of anilines is 3. The number of furan rings is 2. The molecule has 3 aromatic heterocycles. The summed E-state index contributed by atoms with van der Waals surface area (Å²) >= 11 is 0. The number of fused-ring (bicyclic) bond motifs is 12. The Morgan fingerprint density at radius 3 is 1.42 bits per heavy atom. The molecule has 4 nitrogen and oxygen atoms in total. The van der Waals surface area contributed by atoms with Crippen molar-refractivity contribution in [2.75, 3.05) is 4.90 Å². The van der Waals surface area contributed by atoms with Gasteiger partial charge in [0, 0.05) is 71.6 Å². The smallest absolute Gasteiger partial charge is 0.143 e. The molecule has 3 heterocycles. The van der Waals surface area contributed by atoms with Crippen LogP contribution in [0.15, 0.2) is 251 Å². The van der Waals surface area contributed by atoms with E-state index in [9.17, 15) is 0 Å². The first kappa shape index (κ1) is 41.4. The lowest BCUT2D eigenvalue weighted by atomic mass is 9.81. The Kier molecular flexibility index (Phi) is 8.97. The largest absolute Gasteiger partial charge is 0.455 e. The average Bonchev–Trinajstić information content (AvgIpc) is 4.18. The van der Waals surface area contributed by atoms with Crippen LogP contribution >= 0.6 is 0 Å². The maximum Gasteiger partial charge on any atom is 0.143 e. The van der Waals surface area contributed by atoms with Crippen molar-refractivity contribution in [1.29, 1.82) is 0 Å². The van der Waals surface area contributed by atoms with Crippen molar-refractivity contribution in [3.8, 4) is 50.2 Å². The predicted molar refractivity (Wildman–Crippen MR) is 304 cm³/mol. The molecule has 0 fully saturated rings. The minimum absolute atomic E-state index is 0.264. The Hall–Kier alpha value is -9.38. The highest BCUT2D eigenvalue weighted by molar-refractivity contribution is 6.12. The first-order chi connectivity index (χ1) is 35.9. The summed E-state index contributed by atoms with van der Waals surface area (Å²) in [4.78, 5) is 2.39. The quantitative estimate of drug-likeness (QED) is 0.160. The van der Waals surface area contributed by atoms with E-state index in [0.29, 0.717) is 0 Å². The molecule has 14 aromatic rings. The van der Waals surface area contributed by atoms with Crippen molar-refractivity contribution >= 4 is 82.7 Å². The zero-order chi connectivity index (χ0) is 48.4. The van der Waals surface area contributed by atoms with Gasteiger partial charge in [-0.05, 0) is 129 Å².